The fourth-order valence-electron chi connectivity index (χ4n) is 8.35. The van der Waals surface area contributed by atoms with E-state index < -0.39 is 0 Å². The third-order valence-corrected chi connectivity index (χ3v) is 12.3. The first-order valence-corrected chi connectivity index (χ1v) is 20.7. The fourth-order valence-corrected chi connectivity index (χ4v) is 9.42. The van der Waals surface area contributed by atoms with Crippen molar-refractivity contribution in [3.05, 3.63) is 212 Å². The summed E-state index contributed by atoms with van der Waals surface area (Å²) in [6, 6.07) is 75.2. The standard InChI is InChI=1S/C55H35N3S/c1-3-15-36(16-4-1)43-20-8-13-25-48(43)55-57-53(40-31-27-37(28-32-40)50-35-42-19-7-14-26-49(42)59-50)56-54(58-55)41-33-29-39(30-34-41)52-46-23-11-9-21-44(46)51(38-17-5-2-6-18-38)45-22-10-12-24-47(45)52/h1-35H. The molecule has 0 unspecified atom stereocenters. The summed E-state index contributed by atoms with van der Waals surface area (Å²) >= 11 is 1.81. The quantitative estimate of drug-likeness (QED) is 0.152. The molecule has 2 aromatic heterocycles. The molecule has 0 aliphatic heterocycles. The zero-order chi connectivity index (χ0) is 39.1. The van der Waals surface area contributed by atoms with Crippen LogP contribution in [0.25, 0.3) is 110 Å². The van der Waals surface area contributed by atoms with Crippen LogP contribution in [0.4, 0.5) is 0 Å². The number of aromatic nitrogens is 3. The molecule has 2 heterocycles. The molecule has 0 atom stereocenters. The van der Waals surface area contributed by atoms with Crippen LogP contribution in [0.15, 0.2) is 212 Å². The number of fused-ring (bicyclic) bond motifs is 3. The molecule has 276 valence electrons. The second kappa shape index (κ2) is 14.8. The van der Waals surface area contributed by atoms with Gasteiger partial charge in [-0.1, -0.05) is 200 Å². The van der Waals surface area contributed by atoms with Gasteiger partial charge in [0.15, 0.2) is 17.5 Å². The van der Waals surface area contributed by atoms with Crippen molar-refractivity contribution in [3.63, 3.8) is 0 Å². The van der Waals surface area contributed by atoms with Crippen molar-refractivity contribution in [2.45, 2.75) is 0 Å². The van der Waals surface area contributed by atoms with E-state index in [4.69, 9.17) is 15.0 Å². The van der Waals surface area contributed by atoms with E-state index in [0.717, 1.165) is 33.4 Å². The van der Waals surface area contributed by atoms with Gasteiger partial charge in [-0.25, -0.2) is 15.0 Å². The Balaban J connectivity index is 1.04. The van der Waals surface area contributed by atoms with Gasteiger partial charge in [0.1, 0.15) is 0 Å². The summed E-state index contributed by atoms with van der Waals surface area (Å²) in [6.07, 6.45) is 0. The molecule has 9 aromatic carbocycles. The summed E-state index contributed by atoms with van der Waals surface area (Å²) in [4.78, 5) is 16.8. The third kappa shape index (κ3) is 6.37. The minimum Gasteiger partial charge on any atom is -0.208 e. The van der Waals surface area contributed by atoms with Gasteiger partial charge >= 0.3 is 0 Å². The highest BCUT2D eigenvalue weighted by Gasteiger charge is 2.19. The van der Waals surface area contributed by atoms with Gasteiger partial charge in [0, 0.05) is 26.3 Å². The van der Waals surface area contributed by atoms with Crippen molar-refractivity contribution < 1.29 is 0 Å². The minimum atomic E-state index is 0.627. The van der Waals surface area contributed by atoms with Crippen molar-refractivity contribution in [2.75, 3.05) is 0 Å². The highest BCUT2D eigenvalue weighted by Crippen LogP contribution is 2.44. The largest absolute Gasteiger partial charge is 0.208 e. The van der Waals surface area contributed by atoms with Crippen molar-refractivity contribution in [1.29, 1.82) is 0 Å². The molecule has 59 heavy (non-hydrogen) atoms. The zero-order valence-electron chi connectivity index (χ0n) is 32.0. The summed E-state index contributed by atoms with van der Waals surface area (Å²) in [5.74, 6) is 1.89. The van der Waals surface area contributed by atoms with E-state index in [0.29, 0.717) is 17.5 Å². The van der Waals surface area contributed by atoms with Gasteiger partial charge in [0.25, 0.3) is 0 Å². The summed E-state index contributed by atoms with van der Waals surface area (Å²) in [5, 5.41) is 6.17. The maximum absolute atomic E-state index is 5.20. The van der Waals surface area contributed by atoms with Crippen LogP contribution in [0.3, 0.4) is 0 Å². The topological polar surface area (TPSA) is 38.7 Å². The highest BCUT2D eigenvalue weighted by atomic mass is 32.1. The number of hydrogen-bond donors (Lipinski definition) is 0. The Kier molecular flexibility index (Phi) is 8.68. The zero-order valence-corrected chi connectivity index (χ0v) is 32.8. The molecule has 0 saturated carbocycles. The summed E-state index contributed by atoms with van der Waals surface area (Å²) < 4.78 is 1.28. The number of hydrogen-bond acceptors (Lipinski definition) is 4. The lowest BCUT2D eigenvalue weighted by Crippen LogP contribution is -2.01. The predicted octanol–water partition coefficient (Wildman–Crippen LogP) is 15.1. The van der Waals surface area contributed by atoms with Crippen LogP contribution in [0.5, 0.6) is 0 Å². The molecule has 0 fully saturated rings. The molecule has 0 saturated heterocycles. The Morgan fingerprint density at radius 3 is 1.25 bits per heavy atom. The van der Waals surface area contributed by atoms with E-state index in [-0.39, 0.29) is 0 Å². The molecule has 3 nitrogen and oxygen atoms in total. The first-order chi connectivity index (χ1) is 29.2. The first kappa shape index (κ1) is 34.7. The van der Waals surface area contributed by atoms with E-state index in [1.807, 2.05) is 17.4 Å². The predicted molar refractivity (Wildman–Crippen MR) is 248 cm³/mol. The lowest BCUT2D eigenvalue weighted by Gasteiger charge is -2.18. The molecule has 11 rings (SSSR count). The molecule has 0 amide bonds. The molecule has 0 aliphatic rings. The Morgan fingerprint density at radius 2 is 0.695 bits per heavy atom. The van der Waals surface area contributed by atoms with Gasteiger partial charge in [0.05, 0.1) is 0 Å². The Labute approximate surface area is 346 Å². The van der Waals surface area contributed by atoms with E-state index in [1.165, 1.54) is 58.8 Å². The number of benzene rings is 9. The van der Waals surface area contributed by atoms with Crippen LogP contribution >= 0.6 is 11.3 Å². The Morgan fingerprint density at radius 1 is 0.288 bits per heavy atom. The molecular formula is C55H35N3S. The van der Waals surface area contributed by atoms with E-state index in [9.17, 15) is 0 Å². The molecule has 0 N–H and O–H groups in total. The van der Waals surface area contributed by atoms with E-state index >= 15 is 0 Å². The number of thiophene rings is 1. The van der Waals surface area contributed by atoms with Crippen LogP contribution in [-0.2, 0) is 0 Å². The normalized spacial score (nSPS) is 11.4. The third-order valence-electron chi connectivity index (χ3n) is 11.2. The molecule has 0 radical (unpaired) electrons. The molecular weight excluding hydrogens is 735 g/mol. The van der Waals surface area contributed by atoms with Gasteiger partial charge in [-0.05, 0) is 78.0 Å². The first-order valence-electron chi connectivity index (χ1n) is 19.9. The Hall–Kier alpha value is -7.53. The summed E-state index contributed by atoms with van der Waals surface area (Å²) in [6.45, 7) is 0. The van der Waals surface area contributed by atoms with Crippen LogP contribution < -0.4 is 0 Å². The monoisotopic (exact) mass is 769 g/mol. The average molecular weight is 770 g/mol. The van der Waals surface area contributed by atoms with E-state index in [1.54, 1.807) is 0 Å². The second-order valence-electron chi connectivity index (χ2n) is 14.7. The van der Waals surface area contributed by atoms with Gasteiger partial charge in [-0.2, -0.15) is 0 Å². The molecule has 11 aromatic rings. The lowest BCUT2D eigenvalue weighted by atomic mass is 9.86. The van der Waals surface area contributed by atoms with Gasteiger partial charge in [-0.3, -0.25) is 0 Å². The summed E-state index contributed by atoms with van der Waals surface area (Å²) in [7, 11) is 0. The molecule has 4 heteroatoms. The van der Waals surface area contributed by atoms with Crippen LogP contribution in [0, 0.1) is 0 Å². The van der Waals surface area contributed by atoms with Crippen LogP contribution in [-0.4, -0.2) is 15.0 Å². The smallest absolute Gasteiger partial charge is 0.164 e. The van der Waals surface area contributed by atoms with Gasteiger partial charge in [-0.15, -0.1) is 11.3 Å². The maximum atomic E-state index is 5.20. The number of nitrogens with zero attached hydrogens (tertiary/aromatic N) is 3. The Bertz CT molecular complexity index is 3210. The van der Waals surface area contributed by atoms with Crippen molar-refractivity contribution in [1.82, 2.24) is 15.0 Å². The SMILES string of the molecule is c1ccc(-c2ccccc2-c2nc(-c3ccc(-c4cc5ccccc5s4)cc3)nc(-c3ccc(-c4c5ccccc5c(-c5ccccc5)c5ccccc45)cc3)n2)cc1. The van der Waals surface area contributed by atoms with Crippen LogP contribution in [0.1, 0.15) is 0 Å². The fraction of sp³-hybridized carbons (Fsp3) is 0. The maximum Gasteiger partial charge on any atom is 0.164 e. The van der Waals surface area contributed by atoms with Crippen LogP contribution in [0.2, 0.25) is 0 Å². The second-order valence-corrected chi connectivity index (χ2v) is 15.8. The molecule has 0 bridgehead atoms. The van der Waals surface area contributed by atoms with Crippen molar-refractivity contribution in [3.8, 4) is 78.0 Å². The van der Waals surface area contributed by atoms with Gasteiger partial charge in [0.2, 0.25) is 0 Å². The van der Waals surface area contributed by atoms with E-state index in [2.05, 4.69) is 206 Å². The summed E-state index contributed by atoms with van der Waals surface area (Å²) in [5.41, 5.74) is 11.0. The van der Waals surface area contributed by atoms with Crippen molar-refractivity contribution >= 4 is 43.0 Å². The molecule has 0 aliphatic carbocycles. The minimum absolute atomic E-state index is 0.627. The molecule has 0 spiro atoms. The number of rotatable bonds is 7. The lowest BCUT2D eigenvalue weighted by molar-refractivity contribution is 1.07. The average Bonchev–Trinajstić information content (AvgIpc) is 3.76. The van der Waals surface area contributed by atoms with Crippen molar-refractivity contribution in [2.24, 2.45) is 0 Å². The highest BCUT2D eigenvalue weighted by molar-refractivity contribution is 7.22. The van der Waals surface area contributed by atoms with Gasteiger partial charge < -0.3 is 0 Å².